The SMILES string of the molecule is CCCNC1CC(c2ncc(Cl)s2)Oc2ccccc21. The molecule has 2 aromatic rings. The second kappa shape index (κ2) is 6.12. The van der Waals surface area contributed by atoms with Crippen LogP contribution in [0.25, 0.3) is 0 Å². The number of fused-ring (bicyclic) bond motifs is 1. The first-order valence-electron chi connectivity index (χ1n) is 6.88. The smallest absolute Gasteiger partial charge is 0.152 e. The van der Waals surface area contributed by atoms with Gasteiger partial charge in [0.05, 0.1) is 6.20 Å². The monoisotopic (exact) mass is 308 g/mol. The van der Waals surface area contributed by atoms with Crippen molar-refractivity contribution in [2.24, 2.45) is 0 Å². The number of thiazole rings is 1. The number of halogens is 1. The van der Waals surface area contributed by atoms with E-state index >= 15 is 0 Å². The second-order valence-electron chi connectivity index (χ2n) is 4.89. The fraction of sp³-hybridized carbons (Fsp3) is 0.400. The number of nitrogens with one attached hydrogen (secondary N) is 1. The molecule has 1 aliphatic heterocycles. The fourth-order valence-electron chi connectivity index (χ4n) is 2.50. The summed E-state index contributed by atoms with van der Waals surface area (Å²) in [6, 6.07) is 8.54. The minimum absolute atomic E-state index is 0.0169. The van der Waals surface area contributed by atoms with Gasteiger partial charge in [0.1, 0.15) is 15.1 Å². The summed E-state index contributed by atoms with van der Waals surface area (Å²) in [7, 11) is 0. The maximum Gasteiger partial charge on any atom is 0.152 e. The van der Waals surface area contributed by atoms with Gasteiger partial charge in [-0.05, 0) is 19.0 Å². The van der Waals surface area contributed by atoms with Gasteiger partial charge in [-0.15, -0.1) is 11.3 Å². The predicted octanol–water partition coefficient (Wildman–Crippen LogP) is 4.36. The summed E-state index contributed by atoms with van der Waals surface area (Å²) in [4.78, 5) is 4.36. The van der Waals surface area contributed by atoms with Gasteiger partial charge in [0.25, 0.3) is 0 Å². The highest BCUT2D eigenvalue weighted by Gasteiger charge is 2.30. The molecule has 0 bridgehead atoms. The van der Waals surface area contributed by atoms with Crippen LogP contribution in [-0.2, 0) is 0 Å². The van der Waals surface area contributed by atoms with Gasteiger partial charge in [0.15, 0.2) is 6.10 Å². The Labute approximate surface area is 127 Å². The summed E-state index contributed by atoms with van der Waals surface area (Å²) < 4.78 is 6.80. The molecule has 5 heteroatoms. The molecule has 0 spiro atoms. The Kier molecular flexibility index (Phi) is 4.24. The third kappa shape index (κ3) is 2.82. The van der Waals surface area contributed by atoms with E-state index in [1.165, 1.54) is 16.9 Å². The van der Waals surface area contributed by atoms with Crippen LogP contribution >= 0.6 is 22.9 Å². The molecule has 2 heterocycles. The molecule has 3 nitrogen and oxygen atoms in total. The molecular formula is C15H17ClN2OS. The third-order valence-corrected chi connectivity index (χ3v) is 4.63. The van der Waals surface area contributed by atoms with Gasteiger partial charge in [0, 0.05) is 18.0 Å². The van der Waals surface area contributed by atoms with E-state index in [1.54, 1.807) is 6.20 Å². The summed E-state index contributed by atoms with van der Waals surface area (Å²) in [5.41, 5.74) is 1.24. The highest BCUT2D eigenvalue weighted by Crippen LogP contribution is 2.41. The molecule has 20 heavy (non-hydrogen) atoms. The first kappa shape index (κ1) is 13.9. The van der Waals surface area contributed by atoms with Crippen molar-refractivity contribution in [3.8, 4) is 5.75 Å². The summed E-state index contributed by atoms with van der Waals surface area (Å²) in [5, 5.41) is 4.55. The Bertz CT molecular complexity index is 587. The molecule has 2 atom stereocenters. The van der Waals surface area contributed by atoms with Crippen molar-refractivity contribution in [3.63, 3.8) is 0 Å². The maximum absolute atomic E-state index is 6.09. The number of hydrogen-bond donors (Lipinski definition) is 1. The van der Waals surface area contributed by atoms with Crippen LogP contribution in [0.3, 0.4) is 0 Å². The van der Waals surface area contributed by atoms with E-state index in [4.69, 9.17) is 16.3 Å². The number of benzene rings is 1. The van der Waals surface area contributed by atoms with Gasteiger partial charge in [0.2, 0.25) is 0 Å². The Hall–Kier alpha value is -1.10. The topological polar surface area (TPSA) is 34.2 Å². The Morgan fingerprint density at radius 3 is 3.05 bits per heavy atom. The zero-order valence-corrected chi connectivity index (χ0v) is 12.9. The summed E-state index contributed by atoms with van der Waals surface area (Å²) >= 11 is 7.48. The number of aromatic nitrogens is 1. The van der Waals surface area contributed by atoms with Gasteiger partial charge >= 0.3 is 0 Å². The molecule has 1 aromatic carbocycles. The van der Waals surface area contributed by atoms with Crippen molar-refractivity contribution >= 4 is 22.9 Å². The van der Waals surface area contributed by atoms with E-state index in [0.29, 0.717) is 10.4 Å². The number of nitrogens with zero attached hydrogens (tertiary/aromatic N) is 1. The average molecular weight is 309 g/mol. The van der Waals surface area contributed by atoms with Crippen LogP contribution in [-0.4, -0.2) is 11.5 Å². The van der Waals surface area contributed by atoms with Crippen molar-refractivity contribution in [2.75, 3.05) is 6.54 Å². The number of ether oxygens (including phenoxy) is 1. The van der Waals surface area contributed by atoms with E-state index in [1.807, 2.05) is 12.1 Å². The molecule has 0 amide bonds. The van der Waals surface area contributed by atoms with Crippen LogP contribution in [0, 0.1) is 0 Å². The molecule has 0 radical (unpaired) electrons. The van der Waals surface area contributed by atoms with Crippen molar-refractivity contribution in [2.45, 2.75) is 31.9 Å². The van der Waals surface area contributed by atoms with Crippen LogP contribution in [0.15, 0.2) is 30.5 Å². The van der Waals surface area contributed by atoms with Crippen molar-refractivity contribution in [1.82, 2.24) is 10.3 Å². The molecule has 1 N–H and O–H groups in total. The standard InChI is InChI=1S/C15H17ClN2OS/c1-2-7-17-11-8-13(15-18-9-14(16)20-15)19-12-6-4-3-5-10(11)12/h3-6,9,11,13,17H,2,7-8H2,1H3. The molecule has 0 aliphatic carbocycles. The molecule has 1 aromatic heterocycles. The largest absolute Gasteiger partial charge is 0.483 e. The van der Waals surface area contributed by atoms with Crippen LogP contribution in [0.5, 0.6) is 5.75 Å². The number of rotatable bonds is 4. The fourth-order valence-corrected chi connectivity index (χ4v) is 3.47. The van der Waals surface area contributed by atoms with Crippen LogP contribution in [0.1, 0.15) is 42.5 Å². The lowest BCUT2D eigenvalue weighted by Crippen LogP contribution is -2.29. The van der Waals surface area contributed by atoms with Crippen molar-refractivity contribution < 1.29 is 4.74 Å². The van der Waals surface area contributed by atoms with Gasteiger partial charge in [-0.2, -0.15) is 0 Å². The second-order valence-corrected chi connectivity index (χ2v) is 6.58. The third-order valence-electron chi connectivity index (χ3n) is 3.42. The van der Waals surface area contributed by atoms with E-state index in [0.717, 1.165) is 30.1 Å². The molecule has 0 saturated heterocycles. The lowest BCUT2D eigenvalue weighted by atomic mass is 9.96. The van der Waals surface area contributed by atoms with Crippen LogP contribution in [0.2, 0.25) is 4.34 Å². The van der Waals surface area contributed by atoms with E-state index in [-0.39, 0.29) is 6.10 Å². The average Bonchev–Trinajstić information content (AvgIpc) is 2.91. The minimum Gasteiger partial charge on any atom is -0.483 e. The summed E-state index contributed by atoms with van der Waals surface area (Å²) in [5.74, 6) is 0.948. The lowest BCUT2D eigenvalue weighted by Gasteiger charge is -2.31. The lowest BCUT2D eigenvalue weighted by molar-refractivity contribution is 0.151. The zero-order chi connectivity index (χ0) is 13.9. The highest BCUT2D eigenvalue weighted by atomic mass is 35.5. The Balaban J connectivity index is 1.87. The molecule has 3 rings (SSSR count). The normalized spacial score (nSPS) is 21.3. The Morgan fingerprint density at radius 1 is 1.45 bits per heavy atom. The summed E-state index contributed by atoms with van der Waals surface area (Å²) in [6.07, 6.45) is 3.69. The molecule has 2 unspecified atom stereocenters. The molecule has 0 fully saturated rings. The maximum atomic E-state index is 6.09. The molecular weight excluding hydrogens is 292 g/mol. The van der Waals surface area contributed by atoms with Crippen molar-refractivity contribution in [3.05, 3.63) is 45.4 Å². The van der Waals surface area contributed by atoms with Gasteiger partial charge < -0.3 is 10.1 Å². The van der Waals surface area contributed by atoms with Crippen molar-refractivity contribution in [1.29, 1.82) is 0 Å². The first-order chi connectivity index (χ1) is 9.78. The molecule has 0 saturated carbocycles. The van der Waals surface area contributed by atoms with E-state index in [9.17, 15) is 0 Å². The van der Waals surface area contributed by atoms with E-state index in [2.05, 4.69) is 29.4 Å². The summed E-state index contributed by atoms with van der Waals surface area (Å²) in [6.45, 7) is 3.18. The molecule has 1 aliphatic rings. The molecule has 106 valence electrons. The quantitative estimate of drug-likeness (QED) is 0.911. The van der Waals surface area contributed by atoms with Gasteiger partial charge in [-0.25, -0.2) is 4.98 Å². The van der Waals surface area contributed by atoms with Gasteiger partial charge in [-0.1, -0.05) is 36.7 Å². The number of hydrogen-bond acceptors (Lipinski definition) is 4. The van der Waals surface area contributed by atoms with Gasteiger partial charge in [-0.3, -0.25) is 0 Å². The highest BCUT2D eigenvalue weighted by molar-refractivity contribution is 7.15. The zero-order valence-electron chi connectivity index (χ0n) is 11.3. The van der Waals surface area contributed by atoms with Crippen LogP contribution < -0.4 is 10.1 Å². The Morgan fingerprint density at radius 2 is 2.30 bits per heavy atom. The first-order valence-corrected chi connectivity index (χ1v) is 8.07. The van der Waals surface area contributed by atoms with E-state index < -0.39 is 0 Å². The van der Waals surface area contributed by atoms with Crippen LogP contribution in [0.4, 0.5) is 0 Å². The minimum atomic E-state index is -0.0169. The predicted molar refractivity (Wildman–Crippen MR) is 82.6 cm³/mol. The number of para-hydroxylation sites is 1.